The zero-order valence-corrected chi connectivity index (χ0v) is 20.9. The summed E-state index contributed by atoms with van der Waals surface area (Å²) in [6, 6.07) is 14.9. The fourth-order valence-corrected chi connectivity index (χ4v) is 4.86. The van der Waals surface area contributed by atoms with Gasteiger partial charge in [0.2, 0.25) is 0 Å². The van der Waals surface area contributed by atoms with E-state index >= 15 is 0 Å². The highest BCUT2D eigenvalue weighted by atomic mass is 32.1. The number of hydrogen-bond acceptors (Lipinski definition) is 6. The molecule has 180 valence electrons. The van der Waals surface area contributed by atoms with Crippen molar-refractivity contribution in [3.05, 3.63) is 92.7 Å². The number of benzene rings is 2. The first kappa shape index (κ1) is 24.4. The Hall–Kier alpha value is -3.71. The van der Waals surface area contributed by atoms with E-state index in [1.807, 2.05) is 57.3 Å². The van der Waals surface area contributed by atoms with Gasteiger partial charge in [0.15, 0.2) is 0 Å². The van der Waals surface area contributed by atoms with Crippen LogP contribution in [0.2, 0.25) is 0 Å². The van der Waals surface area contributed by atoms with Crippen molar-refractivity contribution in [1.82, 2.24) is 0 Å². The number of Topliss-reactive ketones (excluding diaryl/α,β-unsaturated/α-hetero) is 1. The molecule has 0 radical (unpaired) electrons. The van der Waals surface area contributed by atoms with Crippen LogP contribution in [0.5, 0.6) is 0 Å². The number of nitrogens with zero attached hydrogens (tertiary/aromatic N) is 1. The summed E-state index contributed by atoms with van der Waals surface area (Å²) in [7, 11) is 0. The Labute approximate surface area is 208 Å². The van der Waals surface area contributed by atoms with Crippen LogP contribution in [-0.4, -0.2) is 29.4 Å². The Morgan fingerprint density at radius 1 is 1.09 bits per heavy atom. The first-order valence-corrected chi connectivity index (χ1v) is 12.3. The third-order valence-electron chi connectivity index (χ3n) is 5.83. The summed E-state index contributed by atoms with van der Waals surface area (Å²) in [4.78, 5) is 40.9. The number of rotatable bonds is 6. The highest BCUT2D eigenvalue weighted by molar-refractivity contribution is 7.10. The molecule has 2 aromatic carbocycles. The molecule has 1 fully saturated rings. The molecule has 2 heterocycles. The Balaban J connectivity index is 1.78. The van der Waals surface area contributed by atoms with Gasteiger partial charge in [-0.05, 0) is 67.1 Å². The van der Waals surface area contributed by atoms with Gasteiger partial charge in [0.1, 0.15) is 11.8 Å². The van der Waals surface area contributed by atoms with E-state index in [0.29, 0.717) is 23.4 Å². The molecule has 1 saturated heterocycles. The molecule has 35 heavy (non-hydrogen) atoms. The van der Waals surface area contributed by atoms with E-state index in [9.17, 15) is 19.5 Å². The Kier molecular flexibility index (Phi) is 6.89. The van der Waals surface area contributed by atoms with Crippen molar-refractivity contribution >= 4 is 40.4 Å². The van der Waals surface area contributed by atoms with Crippen LogP contribution in [0.3, 0.4) is 0 Å². The fourth-order valence-electron chi connectivity index (χ4n) is 4.03. The molecule has 4 rings (SSSR count). The first-order valence-electron chi connectivity index (χ1n) is 11.4. The Morgan fingerprint density at radius 2 is 1.80 bits per heavy atom. The van der Waals surface area contributed by atoms with E-state index in [2.05, 4.69) is 0 Å². The number of thiophene rings is 1. The zero-order valence-electron chi connectivity index (χ0n) is 20.1. The second-order valence-electron chi connectivity index (χ2n) is 9.04. The van der Waals surface area contributed by atoms with Crippen LogP contribution < -0.4 is 4.90 Å². The number of ether oxygens (including phenoxy) is 1. The number of hydrogen-bond donors (Lipinski definition) is 1. The van der Waals surface area contributed by atoms with E-state index in [0.717, 1.165) is 16.0 Å². The predicted octanol–water partition coefficient (Wildman–Crippen LogP) is 5.80. The van der Waals surface area contributed by atoms with Crippen molar-refractivity contribution in [2.45, 2.75) is 33.7 Å². The van der Waals surface area contributed by atoms with Crippen LogP contribution in [0.15, 0.2) is 65.6 Å². The van der Waals surface area contributed by atoms with Crippen molar-refractivity contribution in [2.75, 3.05) is 11.5 Å². The van der Waals surface area contributed by atoms with Gasteiger partial charge in [-0.2, -0.15) is 0 Å². The number of aryl methyl sites for hydroxylation is 2. The number of carbonyl (C=O) groups is 3. The minimum absolute atomic E-state index is 0.0477. The molecule has 0 aliphatic carbocycles. The van der Waals surface area contributed by atoms with Crippen molar-refractivity contribution in [2.24, 2.45) is 5.92 Å². The van der Waals surface area contributed by atoms with Crippen LogP contribution in [0.4, 0.5) is 5.69 Å². The first-order chi connectivity index (χ1) is 16.7. The SMILES string of the molecule is Cc1ccc(C)c(/C(O)=C2/C(=O)C(=O)N(c3ccc(C(=O)OCC(C)C)cc3)C2c2cccs2)c1. The number of amides is 1. The van der Waals surface area contributed by atoms with Crippen molar-refractivity contribution in [1.29, 1.82) is 0 Å². The normalized spacial score (nSPS) is 17.3. The molecule has 1 aliphatic heterocycles. The maximum atomic E-state index is 13.3. The molecule has 1 aliphatic rings. The molecule has 0 saturated carbocycles. The maximum absolute atomic E-state index is 13.3. The number of ketones is 1. The van der Waals surface area contributed by atoms with Gasteiger partial charge in [-0.25, -0.2) is 4.79 Å². The third-order valence-corrected chi connectivity index (χ3v) is 6.76. The van der Waals surface area contributed by atoms with Gasteiger partial charge < -0.3 is 9.84 Å². The number of aliphatic hydroxyl groups is 1. The lowest BCUT2D eigenvalue weighted by molar-refractivity contribution is -0.132. The van der Waals surface area contributed by atoms with Gasteiger partial charge in [-0.1, -0.05) is 37.6 Å². The van der Waals surface area contributed by atoms with Gasteiger partial charge in [0, 0.05) is 16.1 Å². The van der Waals surface area contributed by atoms with Gasteiger partial charge >= 0.3 is 5.97 Å². The summed E-state index contributed by atoms with van der Waals surface area (Å²) in [6.45, 7) is 7.97. The largest absolute Gasteiger partial charge is 0.507 e. The van der Waals surface area contributed by atoms with E-state index in [1.54, 1.807) is 30.3 Å². The highest BCUT2D eigenvalue weighted by Crippen LogP contribution is 2.44. The number of aliphatic hydroxyl groups excluding tert-OH is 1. The standard InChI is InChI=1S/C28H27NO5S/c1-16(2)15-34-28(33)19-9-11-20(12-10-19)29-24(22-6-5-13-35-22)23(26(31)27(29)32)25(30)21-14-17(3)7-8-18(21)4/h5-14,16,24,30H,15H2,1-4H3/b25-23-. The molecule has 0 bridgehead atoms. The van der Waals surface area contributed by atoms with E-state index in [1.165, 1.54) is 16.2 Å². The quantitative estimate of drug-likeness (QED) is 0.205. The second kappa shape index (κ2) is 9.88. The lowest BCUT2D eigenvalue weighted by atomic mass is 9.96. The summed E-state index contributed by atoms with van der Waals surface area (Å²) in [6.07, 6.45) is 0. The van der Waals surface area contributed by atoms with E-state index in [-0.39, 0.29) is 17.3 Å². The minimum atomic E-state index is -0.784. The highest BCUT2D eigenvalue weighted by Gasteiger charge is 2.47. The van der Waals surface area contributed by atoms with Gasteiger partial charge in [0.05, 0.1) is 17.7 Å². The van der Waals surface area contributed by atoms with Gasteiger partial charge in [0.25, 0.3) is 11.7 Å². The molecular weight excluding hydrogens is 462 g/mol. The maximum Gasteiger partial charge on any atom is 0.338 e. The average molecular weight is 490 g/mol. The third kappa shape index (κ3) is 4.77. The Morgan fingerprint density at radius 3 is 2.43 bits per heavy atom. The number of anilines is 1. The molecular formula is C28H27NO5S. The van der Waals surface area contributed by atoms with Crippen molar-refractivity contribution in [3.8, 4) is 0 Å². The zero-order chi connectivity index (χ0) is 25.3. The predicted molar refractivity (Wildman–Crippen MR) is 137 cm³/mol. The van der Waals surface area contributed by atoms with Gasteiger partial charge in [-0.15, -0.1) is 11.3 Å². The smallest absolute Gasteiger partial charge is 0.338 e. The lowest BCUT2D eigenvalue weighted by Gasteiger charge is -2.24. The van der Waals surface area contributed by atoms with Crippen molar-refractivity contribution < 1.29 is 24.2 Å². The number of carbonyl (C=O) groups excluding carboxylic acids is 3. The van der Waals surface area contributed by atoms with Crippen LogP contribution in [0.1, 0.15) is 51.8 Å². The molecule has 1 atom stereocenters. The summed E-state index contributed by atoms with van der Waals surface area (Å²) in [5, 5.41) is 13.2. The topological polar surface area (TPSA) is 83.9 Å². The fraction of sp³-hybridized carbons (Fsp3) is 0.250. The molecule has 0 spiro atoms. The van der Waals surface area contributed by atoms with Crippen molar-refractivity contribution in [3.63, 3.8) is 0 Å². The monoisotopic (exact) mass is 489 g/mol. The minimum Gasteiger partial charge on any atom is -0.507 e. The average Bonchev–Trinajstić information content (AvgIpc) is 3.45. The van der Waals surface area contributed by atoms with Crippen LogP contribution in [0, 0.1) is 19.8 Å². The second-order valence-corrected chi connectivity index (χ2v) is 10.0. The summed E-state index contributed by atoms with van der Waals surface area (Å²) >= 11 is 1.40. The van der Waals surface area contributed by atoms with Crippen LogP contribution in [0.25, 0.3) is 5.76 Å². The summed E-state index contributed by atoms with van der Waals surface area (Å²) < 4.78 is 5.28. The molecule has 1 amide bonds. The molecule has 6 nitrogen and oxygen atoms in total. The van der Waals surface area contributed by atoms with Crippen LogP contribution >= 0.6 is 11.3 Å². The molecule has 7 heteroatoms. The Bertz CT molecular complexity index is 1310. The molecule has 1 N–H and O–H groups in total. The lowest BCUT2D eigenvalue weighted by Crippen LogP contribution is -2.29. The number of esters is 1. The van der Waals surface area contributed by atoms with Crippen LogP contribution in [-0.2, 0) is 14.3 Å². The summed E-state index contributed by atoms with van der Waals surface area (Å²) in [5.74, 6) is -1.91. The summed E-state index contributed by atoms with van der Waals surface area (Å²) in [5.41, 5.74) is 3.10. The molecule has 1 aromatic heterocycles. The van der Waals surface area contributed by atoms with E-state index < -0.39 is 23.7 Å². The molecule has 1 unspecified atom stereocenters. The molecule has 3 aromatic rings. The van der Waals surface area contributed by atoms with Gasteiger partial charge in [-0.3, -0.25) is 14.5 Å². The van der Waals surface area contributed by atoms with E-state index in [4.69, 9.17) is 4.74 Å².